The Balaban J connectivity index is 1.63. The maximum Gasteiger partial charge on any atom is 0.407 e. The van der Waals surface area contributed by atoms with Crippen molar-refractivity contribution in [3.8, 4) is 22.6 Å². The number of ether oxygens (including phenoxy) is 1. The van der Waals surface area contributed by atoms with E-state index in [0.29, 0.717) is 54.0 Å². The largest absolute Gasteiger partial charge is 0.453 e. The van der Waals surface area contributed by atoms with Crippen LogP contribution in [0.4, 0.5) is 10.7 Å². The van der Waals surface area contributed by atoms with E-state index in [1.165, 1.54) is 7.11 Å². The lowest BCUT2D eigenvalue weighted by atomic mass is 10.1. The van der Waals surface area contributed by atoms with Gasteiger partial charge in [0.2, 0.25) is 16.0 Å². The highest BCUT2D eigenvalue weighted by Crippen LogP contribution is 2.41. The van der Waals surface area contributed by atoms with Crippen molar-refractivity contribution >= 4 is 22.1 Å². The average Bonchev–Trinajstić information content (AvgIpc) is 3.64. The fraction of sp³-hybridized carbons (Fsp3) is 0.417. The molecule has 1 fully saturated rings. The molecular weight excluding hydrogens is 482 g/mol. The SMILES string of the molecule is CCCNS(=O)(=O)c1cccc(-c2nc(C3CC3)[nH]c2-c2ccnc(NC[C@H](C)NC(=O)OC)n2)c1. The summed E-state index contributed by atoms with van der Waals surface area (Å²) >= 11 is 0. The fourth-order valence-corrected chi connectivity index (χ4v) is 4.78. The summed E-state index contributed by atoms with van der Waals surface area (Å²) in [5.74, 6) is 1.61. The molecule has 1 amide bonds. The van der Waals surface area contributed by atoms with Crippen molar-refractivity contribution in [2.45, 2.75) is 50.0 Å². The smallest absolute Gasteiger partial charge is 0.407 e. The molecule has 4 rings (SSSR count). The van der Waals surface area contributed by atoms with Gasteiger partial charge >= 0.3 is 6.09 Å². The first-order chi connectivity index (χ1) is 17.3. The molecule has 4 N–H and O–H groups in total. The highest BCUT2D eigenvalue weighted by molar-refractivity contribution is 7.89. The van der Waals surface area contributed by atoms with Crippen molar-refractivity contribution in [3.63, 3.8) is 0 Å². The second-order valence-electron chi connectivity index (χ2n) is 8.73. The number of hydrogen-bond acceptors (Lipinski definition) is 8. The zero-order valence-electron chi connectivity index (χ0n) is 20.5. The van der Waals surface area contributed by atoms with Crippen molar-refractivity contribution < 1.29 is 17.9 Å². The van der Waals surface area contributed by atoms with Crippen LogP contribution < -0.4 is 15.4 Å². The number of nitrogens with zero attached hydrogens (tertiary/aromatic N) is 3. The van der Waals surface area contributed by atoms with Crippen molar-refractivity contribution in [1.82, 2.24) is 30.0 Å². The standard InChI is InChI=1S/C24H31N7O4S/c1-4-11-27-36(33,34)18-7-5-6-17(13-18)20-21(31-22(30-20)16-8-9-16)19-10-12-25-23(29-19)26-14-15(2)28-24(32)35-3/h5-7,10,12-13,15-16,27H,4,8-9,11,14H2,1-3H3,(H,28,32)(H,30,31)(H,25,26,29)/t15-/m0/s1. The molecule has 0 radical (unpaired) electrons. The summed E-state index contributed by atoms with van der Waals surface area (Å²) in [6, 6.07) is 8.34. The van der Waals surface area contributed by atoms with Crippen LogP contribution >= 0.6 is 0 Å². The highest BCUT2D eigenvalue weighted by Gasteiger charge is 2.29. The van der Waals surface area contributed by atoms with E-state index in [1.807, 2.05) is 19.9 Å². The highest BCUT2D eigenvalue weighted by atomic mass is 32.2. The average molecular weight is 514 g/mol. The second kappa shape index (κ2) is 11.0. The van der Waals surface area contributed by atoms with E-state index in [2.05, 4.69) is 35.0 Å². The predicted molar refractivity (Wildman–Crippen MR) is 136 cm³/mol. The number of carbonyl (C=O) groups excluding carboxylic acids is 1. The number of benzene rings is 1. The number of aromatic nitrogens is 4. The Hall–Kier alpha value is -3.51. The quantitative estimate of drug-likeness (QED) is 0.305. The van der Waals surface area contributed by atoms with Crippen LogP contribution in [0.5, 0.6) is 0 Å². The van der Waals surface area contributed by atoms with Gasteiger partial charge in [0.1, 0.15) is 5.82 Å². The molecule has 2 heterocycles. The fourth-order valence-electron chi connectivity index (χ4n) is 3.60. The first-order valence-electron chi connectivity index (χ1n) is 11.9. The Bertz CT molecular complexity index is 1320. The molecule has 2 aromatic heterocycles. The third-order valence-corrected chi connectivity index (χ3v) is 7.13. The molecule has 0 aliphatic heterocycles. The van der Waals surface area contributed by atoms with E-state index >= 15 is 0 Å². The number of aromatic amines is 1. The molecule has 1 aliphatic carbocycles. The Morgan fingerprint density at radius 1 is 1.25 bits per heavy atom. The maximum absolute atomic E-state index is 12.7. The molecule has 0 unspecified atom stereocenters. The monoisotopic (exact) mass is 513 g/mol. The van der Waals surface area contributed by atoms with E-state index in [4.69, 9.17) is 4.98 Å². The molecule has 3 aromatic rings. The van der Waals surface area contributed by atoms with Gasteiger partial charge in [-0.3, -0.25) is 0 Å². The molecule has 12 heteroatoms. The number of methoxy groups -OCH3 is 1. The number of nitrogens with one attached hydrogen (secondary N) is 4. The van der Waals surface area contributed by atoms with E-state index in [0.717, 1.165) is 18.7 Å². The second-order valence-corrected chi connectivity index (χ2v) is 10.5. The Morgan fingerprint density at radius 2 is 2.06 bits per heavy atom. The molecule has 1 aliphatic rings. The van der Waals surface area contributed by atoms with Gasteiger partial charge in [0.25, 0.3) is 0 Å². The summed E-state index contributed by atoms with van der Waals surface area (Å²) in [5, 5.41) is 5.80. The van der Waals surface area contributed by atoms with E-state index < -0.39 is 16.1 Å². The van der Waals surface area contributed by atoms with E-state index in [-0.39, 0.29) is 10.9 Å². The molecule has 1 aromatic carbocycles. The first kappa shape index (κ1) is 25.6. The summed E-state index contributed by atoms with van der Waals surface area (Å²) in [5.41, 5.74) is 2.62. The minimum atomic E-state index is -3.62. The lowest BCUT2D eigenvalue weighted by molar-refractivity contribution is 0.168. The first-order valence-corrected chi connectivity index (χ1v) is 13.4. The number of imidazole rings is 1. The van der Waals surface area contributed by atoms with Gasteiger partial charge in [-0.15, -0.1) is 0 Å². The number of carbonyl (C=O) groups is 1. The Labute approximate surface area is 210 Å². The zero-order valence-corrected chi connectivity index (χ0v) is 21.4. The van der Waals surface area contributed by atoms with Crippen molar-refractivity contribution in [1.29, 1.82) is 0 Å². The van der Waals surface area contributed by atoms with Crippen LogP contribution in [0.2, 0.25) is 0 Å². The van der Waals surface area contributed by atoms with Gasteiger partial charge in [0.15, 0.2) is 0 Å². The minimum absolute atomic E-state index is 0.188. The van der Waals surface area contributed by atoms with Crippen molar-refractivity contribution in [2.75, 3.05) is 25.5 Å². The maximum atomic E-state index is 12.7. The number of H-pyrrole nitrogens is 1. The number of amides is 1. The van der Waals surface area contributed by atoms with Crippen LogP contribution in [-0.2, 0) is 14.8 Å². The van der Waals surface area contributed by atoms with Crippen LogP contribution in [0.3, 0.4) is 0 Å². The van der Waals surface area contributed by atoms with Gasteiger partial charge in [-0.1, -0.05) is 19.1 Å². The van der Waals surface area contributed by atoms with E-state index in [9.17, 15) is 13.2 Å². The summed E-state index contributed by atoms with van der Waals surface area (Å²) in [6.07, 6.45) is 3.95. The number of sulfonamides is 1. The van der Waals surface area contributed by atoms with Gasteiger partial charge in [0, 0.05) is 36.8 Å². The van der Waals surface area contributed by atoms with E-state index in [1.54, 1.807) is 30.5 Å². The molecule has 0 spiro atoms. The van der Waals surface area contributed by atoms with Crippen LogP contribution in [0.25, 0.3) is 22.6 Å². The third kappa shape index (κ3) is 6.18. The number of rotatable bonds is 11. The summed E-state index contributed by atoms with van der Waals surface area (Å²) < 4.78 is 32.6. The molecule has 11 nitrogen and oxygen atoms in total. The molecule has 192 valence electrons. The lowest BCUT2D eigenvalue weighted by Crippen LogP contribution is -2.37. The van der Waals surface area contributed by atoms with Gasteiger partial charge in [-0.25, -0.2) is 32.9 Å². The van der Waals surface area contributed by atoms with Crippen LogP contribution in [0, 0.1) is 0 Å². The number of anilines is 1. The molecule has 1 atom stereocenters. The van der Waals surface area contributed by atoms with Crippen molar-refractivity contribution in [3.05, 3.63) is 42.4 Å². The normalized spacial score (nSPS) is 14.3. The molecule has 0 saturated heterocycles. The predicted octanol–water partition coefficient (Wildman–Crippen LogP) is 3.26. The van der Waals surface area contributed by atoms with Crippen LogP contribution in [0.1, 0.15) is 44.9 Å². The summed E-state index contributed by atoms with van der Waals surface area (Å²) in [7, 11) is -2.31. The van der Waals surface area contributed by atoms with Gasteiger partial charge in [0.05, 0.1) is 29.1 Å². The molecule has 0 bridgehead atoms. The molecule has 36 heavy (non-hydrogen) atoms. The molecular formula is C24H31N7O4S. The van der Waals surface area contributed by atoms with Crippen LogP contribution in [0.15, 0.2) is 41.4 Å². The lowest BCUT2D eigenvalue weighted by Gasteiger charge is -2.14. The van der Waals surface area contributed by atoms with Gasteiger partial charge in [-0.05, 0) is 44.4 Å². The van der Waals surface area contributed by atoms with Crippen molar-refractivity contribution in [2.24, 2.45) is 0 Å². The van der Waals surface area contributed by atoms with Gasteiger partial charge in [-0.2, -0.15) is 0 Å². The summed E-state index contributed by atoms with van der Waals surface area (Å²) in [4.78, 5) is 28.8. The number of alkyl carbamates (subject to hydrolysis) is 1. The minimum Gasteiger partial charge on any atom is -0.453 e. The van der Waals surface area contributed by atoms with Crippen LogP contribution in [-0.4, -0.2) is 60.7 Å². The topological polar surface area (TPSA) is 151 Å². The zero-order chi connectivity index (χ0) is 25.7. The third-order valence-electron chi connectivity index (χ3n) is 5.67. The molecule has 1 saturated carbocycles. The number of hydrogen-bond donors (Lipinski definition) is 4. The van der Waals surface area contributed by atoms with Gasteiger partial charge < -0.3 is 20.4 Å². The Morgan fingerprint density at radius 3 is 2.78 bits per heavy atom. The Kier molecular flexibility index (Phi) is 7.85. The summed E-state index contributed by atoms with van der Waals surface area (Å²) in [6.45, 7) is 4.51.